The highest BCUT2D eigenvalue weighted by Crippen LogP contribution is 2.28. The molecule has 0 radical (unpaired) electrons. The van der Waals surface area contributed by atoms with Gasteiger partial charge in [-0.05, 0) is 41.1 Å². The van der Waals surface area contributed by atoms with Gasteiger partial charge in [0.1, 0.15) is 0 Å². The van der Waals surface area contributed by atoms with Crippen LogP contribution in [0.4, 0.5) is 11.6 Å². The molecule has 0 aliphatic heterocycles. The van der Waals surface area contributed by atoms with E-state index in [4.69, 9.17) is 0 Å². The zero-order valence-corrected chi connectivity index (χ0v) is 13.1. The maximum atomic E-state index is 4.46. The summed E-state index contributed by atoms with van der Waals surface area (Å²) >= 11 is 6.98. The van der Waals surface area contributed by atoms with Crippen molar-refractivity contribution in [3.63, 3.8) is 0 Å². The van der Waals surface area contributed by atoms with Crippen LogP contribution in [0, 0.1) is 6.92 Å². The fourth-order valence-electron chi connectivity index (χ4n) is 1.64. The zero-order valence-electron chi connectivity index (χ0n) is 9.95. The first-order valence-electron chi connectivity index (χ1n) is 5.47. The van der Waals surface area contributed by atoms with Crippen molar-refractivity contribution in [2.75, 3.05) is 5.32 Å². The molecule has 1 heterocycles. The summed E-state index contributed by atoms with van der Waals surface area (Å²) in [6, 6.07) is 5.98. The van der Waals surface area contributed by atoms with E-state index in [1.165, 1.54) is 0 Å². The van der Waals surface area contributed by atoms with Crippen LogP contribution in [0.15, 0.2) is 46.0 Å². The van der Waals surface area contributed by atoms with Gasteiger partial charge in [-0.2, -0.15) is 0 Å². The van der Waals surface area contributed by atoms with E-state index in [-0.39, 0.29) is 0 Å². The number of hydrogen-bond donors (Lipinski definition) is 1. The van der Waals surface area contributed by atoms with Gasteiger partial charge in [0.15, 0.2) is 0 Å². The van der Waals surface area contributed by atoms with Crippen molar-refractivity contribution >= 4 is 43.5 Å². The molecule has 1 aromatic carbocycles. The molecule has 94 valence electrons. The number of allylic oxidation sites excluding steroid dienone is 1. The van der Waals surface area contributed by atoms with E-state index in [1.807, 2.05) is 42.0 Å². The van der Waals surface area contributed by atoms with Crippen LogP contribution in [0.2, 0.25) is 0 Å². The molecule has 5 heteroatoms. The van der Waals surface area contributed by atoms with Crippen LogP contribution in [0.5, 0.6) is 0 Å². The topological polar surface area (TPSA) is 29.9 Å². The van der Waals surface area contributed by atoms with Crippen LogP contribution in [-0.4, -0.2) is 9.55 Å². The molecular formula is C13H13Br2N3. The van der Waals surface area contributed by atoms with Gasteiger partial charge in [-0.25, -0.2) is 4.98 Å². The normalized spacial score (nSPS) is 10.4. The highest BCUT2D eigenvalue weighted by molar-refractivity contribution is 9.11. The van der Waals surface area contributed by atoms with Crippen LogP contribution < -0.4 is 5.32 Å². The summed E-state index contributed by atoms with van der Waals surface area (Å²) in [6.45, 7) is 6.46. The van der Waals surface area contributed by atoms with Crippen LogP contribution in [-0.2, 0) is 6.54 Å². The summed E-state index contributed by atoms with van der Waals surface area (Å²) in [4.78, 5) is 4.46. The first kappa shape index (κ1) is 13.4. The molecule has 18 heavy (non-hydrogen) atoms. The molecule has 1 N–H and O–H groups in total. The summed E-state index contributed by atoms with van der Waals surface area (Å²) in [5, 5.41) is 3.31. The van der Waals surface area contributed by atoms with Crippen molar-refractivity contribution < 1.29 is 0 Å². The Balaban J connectivity index is 2.33. The zero-order chi connectivity index (χ0) is 13.1. The molecule has 0 amide bonds. The van der Waals surface area contributed by atoms with Crippen molar-refractivity contribution in [3.8, 4) is 0 Å². The van der Waals surface area contributed by atoms with Crippen molar-refractivity contribution in [3.05, 3.63) is 51.7 Å². The summed E-state index contributed by atoms with van der Waals surface area (Å²) in [6.07, 6.45) is 3.85. The molecule has 3 nitrogen and oxygen atoms in total. The Labute approximate surface area is 123 Å². The maximum absolute atomic E-state index is 4.46. The third kappa shape index (κ3) is 3.03. The van der Waals surface area contributed by atoms with Crippen molar-refractivity contribution in [1.82, 2.24) is 9.55 Å². The summed E-state index contributed by atoms with van der Waals surface area (Å²) in [5.41, 5.74) is 1.95. The Morgan fingerprint density at radius 3 is 2.94 bits per heavy atom. The van der Waals surface area contributed by atoms with Crippen LogP contribution in [0.25, 0.3) is 0 Å². The van der Waals surface area contributed by atoms with Gasteiger partial charge in [-0.15, -0.1) is 6.58 Å². The van der Waals surface area contributed by atoms with Crippen molar-refractivity contribution in [1.29, 1.82) is 0 Å². The van der Waals surface area contributed by atoms with Gasteiger partial charge in [-0.1, -0.05) is 22.0 Å². The summed E-state index contributed by atoms with van der Waals surface area (Å²) < 4.78 is 4.04. The van der Waals surface area contributed by atoms with E-state index in [9.17, 15) is 0 Å². The lowest BCUT2D eigenvalue weighted by atomic mass is 10.3. The van der Waals surface area contributed by atoms with Gasteiger partial charge >= 0.3 is 0 Å². The number of benzene rings is 1. The number of rotatable bonds is 4. The minimum atomic E-state index is 0.731. The minimum Gasteiger partial charge on any atom is -0.325 e. The molecule has 0 atom stereocenters. The smallest absolute Gasteiger partial charge is 0.207 e. The lowest BCUT2D eigenvalue weighted by Crippen LogP contribution is -2.02. The van der Waals surface area contributed by atoms with E-state index in [0.717, 1.165) is 32.8 Å². The molecule has 0 aliphatic rings. The van der Waals surface area contributed by atoms with Crippen molar-refractivity contribution in [2.45, 2.75) is 13.5 Å². The molecule has 0 fully saturated rings. The van der Waals surface area contributed by atoms with Crippen molar-refractivity contribution in [2.24, 2.45) is 0 Å². The molecule has 0 unspecified atom stereocenters. The number of nitrogens with zero attached hydrogens (tertiary/aromatic N) is 2. The molecule has 0 saturated carbocycles. The van der Waals surface area contributed by atoms with E-state index >= 15 is 0 Å². The van der Waals surface area contributed by atoms with E-state index in [1.54, 1.807) is 0 Å². The largest absolute Gasteiger partial charge is 0.325 e. The summed E-state index contributed by atoms with van der Waals surface area (Å²) in [5.74, 6) is 0.811. The maximum Gasteiger partial charge on any atom is 0.207 e. The quantitative estimate of drug-likeness (QED) is 0.794. The Morgan fingerprint density at radius 2 is 2.22 bits per heavy atom. The van der Waals surface area contributed by atoms with Gasteiger partial charge < -0.3 is 9.88 Å². The van der Waals surface area contributed by atoms with E-state index in [0.29, 0.717) is 0 Å². The number of halogens is 2. The predicted molar refractivity (Wildman–Crippen MR) is 82.3 cm³/mol. The molecule has 2 rings (SSSR count). The third-order valence-corrected chi connectivity index (χ3v) is 3.58. The Bertz CT molecular complexity index is 576. The van der Waals surface area contributed by atoms with Gasteiger partial charge in [0.25, 0.3) is 0 Å². The highest BCUT2D eigenvalue weighted by Gasteiger charge is 2.07. The fraction of sp³-hybridized carbons (Fsp3) is 0.154. The number of anilines is 2. The molecule has 2 aromatic rings. The first-order valence-corrected chi connectivity index (χ1v) is 7.05. The average Bonchev–Trinajstić information content (AvgIpc) is 2.65. The molecule has 0 aliphatic carbocycles. The SMILES string of the molecule is C=CCn1cc(C)nc1Nc1cc(Br)ccc1Br. The first-order chi connectivity index (χ1) is 8.60. The lowest BCUT2D eigenvalue weighted by Gasteiger charge is -2.10. The highest BCUT2D eigenvalue weighted by atomic mass is 79.9. The van der Waals surface area contributed by atoms with Gasteiger partial charge in [0.05, 0.1) is 11.4 Å². The molecule has 0 bridgehead atoms. The number of hydrogen-bond acceptors (Lipinski definition) is 2. The molecule has 0 spiro atoms. The molecule has 0 saturated heterocycles. The number of aryl methyl sites for hydroxylation is 1. The Kier molecular flexibility index (Phi) is 4.24. The Hall–Kier alpha value is -1.07. The Morgan fingerprint density at radius 1 is 1.44 bits per heavy atom. The second-order valence-corrected chi connectivity index (χ2v) is 5.67. The van der Waals surface area contributed by atoms with E-state index < -0.39 is 0 Å². The standard InChI is InChI=1S/C13H13Br2N3/c1-3-6-18-8-9(2)16-13(18)17-12-7-10(14)4-5-11(12)15/h3-5,7-8H,1,6H2,2H3,(H,16,17). The van der Waals surface area contributed by atoms with E-state index in [2.05, 4.69) is 48.7 Å². The monoisotopic (exact) mass is 369 g/mol. The van der Waals surface area contributed by atoms with Gasteiger partial charge in [-0.3, -0.25) is 0 Å². The molecule has 1 aromatic heterocycles. The third-order valence-electron chi connectivity index (χ3n) is 2.40. The van der Waals surface area contributed by atoms with Crippen LogP contribution >= 0.6 is 31.9 Å². The van der Waals surface area contributed by atoms with Gasteiger partial charge in [0, 0.05) is 21.7 Å². The summed E-state index contributed by atoms with van der Waals surface area (Å²) in [7, 11) is 0. The second-order valence-electron chi connectivity index (χ2n) is 3.90. The lowest BCUT2D eigenvalue weighted by molar-refractivity contribution is 0.832. The number of imidazole rings is 1. The minimum absolute atomic E-state index is 0.731. The molecular weight excluding hydrogens is 358 g/mol. The van der Waals surface area contributed by atoms with Crippen LogP contribution in [0.1, 0.15) is 5.69 Å². The number of aromatic nitrogens is 2. The average molecular weight is 371 g/mol. The van der Waals surface area contributed by atoms with Gasteiger partial charge in [0.2, 0.25) is 5.95 Å². The fourth-order valence-corrected chi connectivity index (χ4v) is 2.35. The number of nitrogens with one attached hydrogen (secondary N) is 1. The van der Waals surface area contributed by atoms with Crippen LogP contribution in [0.3, 0.4) is 0 Å². The second kappa shape index (κ2) is 5.71. The predicted octanol–water partition coefficient (Wildman–Crippen LogP) is 4.65.